The van der Waals surface area contributed by atoms with Crippen LogP contribution < -0.4 is 15.0 Å². The number of nitrogens with one attached hydrogen (secondary N) is 1. The number of H-pyrrole nitrogens is 1. The number of benzene rings is 1. The first-order valence-corrected chi connectivity index (χ1v) is 8.09. The predicted molar refractivity (Wildman–Crippen MR) is 89.4 cm³/mol. The van der Waals surface area contributed by atoms with Gasteiger partial charge in [-0.2, -0.15) is 13.8 Å². The standard InChI is InChI=1S/C17H16F2N4O3/c1-8-5-10(9-3-4-9)6-12(26-16(18)19)13(8)23-7-11-14(22-23)20-17(25-2)21-15(11)24/h5-7,9,16H,3-4H2,1-2H3,(H,20,21,22,24). The molecule has 9 heteroatoms. The second kappa shape index (κ2) is 6.08. The average molecular weight is 362 g/mol. The Labute approximate surface area is 146 Å². The van der Waals surface area contributed by atoms with Gasteiger partial charge in [-0.15, -0.1) is 5.10 Å². The second-order valence-electron chi connectivity index (χ2n) is 6.22. The highest BCUT2D eigenvalue weighted by Gasteiger charge is 2.27. The summed E-state index contributed by atoms with van der Waals surface area (Å²) >= 11 is 0. The normalized spacial score (nSPS) is 14.2. The Bertz CT molecular complexity index is 1040. The summed E-state index contributed by atoms with van der Waals surface area (Å²) in [4.78, 5) is 18.7. The summed E-state index contributed by atoms with van der Waals surface area (Å²) in [6.45, 7) is -1.17. The van der Waals surface area contributed by atoms with Crippen molar-refractivity contribution in [2.75, 3.05) is 7.11 Å². The van der Waals surface area contributed by atoms with E-state index in [0.29, 0.717) is 11.6 Å². The molecule has 0 radical (unpaired) electrons. The highest BCUT2D eigenvalue weighted by molar-refractivity contribution is 5.74. The maximum absolute atomic E-state index is 12.9. The second-order valence-corrected chi connectivity index (χ2v) is 6.22. The predicted octanol–water partition coefficient (Wildman–Crippen LogP) is 2.90. The van der Waals surface area contributed by atoms with Gasteiger partial charge in [0.1, 0.15) is 11.1 Å². The molecule has 1 N–H and O–H groups in total. The van der Waals surface area contributed by atoms with Gasteiger partial charge in [0, 0.05) is 6.20 Å². The number of ether oxygens (including phenoxy) is 2. The fourth-order valence-corrected chi connectivity index (χ4v) is 3.01. The van der Waals surface area contributed by atoms with Crippen LogP contribution in [0.15, 0.2) is 23.1 Å². The third kappa shape index (κ3) is 2.89. The lowest BCUT2D eigenvalue weighted by Crippen LogP contribution is -2.08. The van der Waals surface area contributed by atoms with Crippen LogP contribution >= 0.6 is 0 Å². The molecule has 7 nitrogen and oxygen atoms in total. The lowest BCUT2D eigenvalue weighted by atomic mass is 10.0. The maximum Gasteiger partial charge on any atom is 0.387 e. The summed E-state index contributed by atoms with van der Waals surface area (Å²) in [5.74, 6) is 0.409. The van der Waals surface area contributed by atoms with Gasteiger partial charge in [-0.25, -0.2) is 4.68 Å². The largest absolute Gasteiger partial charge is 0.468 e. The molecule has 0 saturated heterocycles. The smallest absolute Gasteiger partial charge is 0.387 e. The van der Waals surface area contributed by atoms with Gasteiger partial charge in [0.25, 0.3) is 11.6 Å². The third-order valence-electron chi connectivity index (χ3n) is 4.34. The average Bonchev–Trinajstić information content (AvgIpc) is 3.34. The van der Waals surface area contributed by atoms with Crippen LogP contribution in [0.25, 0.3) is 16.7 Å². The Balaban J connectivity index is 1.90. The van der Waals surface area contributed by atoms with Crippen molar-refractivity contribution in [1.82, 2.24) is 19.7 Å². The summed E-state index contributed by atoms with van der Waals surface area (Å²) in [6.07, 6.45) is 3.52. The van der Waals surface area contributed by atoms with Gasteiger partial charge in [0.15, 0.2) is 11.4 Å². The van der Waals surface area contributed by atoms with Crippen LogP contribution in [0.3, 0.4) is 0 Å². The van der Waals surface area contributed by atoms with Gasteiger partial charge in [-0.3, -0.25) is 9.78 Å². The highest BCUT2D eigenvalue weighted by atomic mass is 19.3. The van der Waals surface area contributed by atoms with Gasteiger partial charge >= 0.3 is 6.61 Å². The van der Waals surface area contributed by atoms with E-state index >= 15 is 0 Å². The summed E-state index contributed by atoms with van der Waals surface area (Å²) in [7, 11) is 1.37. The summed E-state index contributed by atoms with van der Waals surface area (Å²) in [5.41, 5.74) is 1.77. The van der Waals surface area contributed by atoms with Gasteiger partial charge in [-0.05, 0) is 42.9 Å². The number of nitrogens with zero attached hydrogens (tertiary/aromatic N) is 3. The van der Waals surface area contributed by atoms with Crippen molar-refractivity contribution in [2.45, 2.75) is 32.3 Å². The molecule has 1 aliphatic rings. The molecule has 26 heavy (non-hydrogen) atoms. The van der Waals surface area contributed by atoms with Crippen molar-refractivity contribution in [1.29, 1.82) is 0 Å². The molecule has 1 fully saturated rings. The maximum atomic E-state index is 12.9. The molecule has 2 aromatic heterocycles. The van der Waals surface area contributed by atoms with Crippen molar-refractivity contribution >= 4 is 11.0 Å². The summed E-state index contributed by atoms with van der Waals surface area (Å²) in [5, 5.41) is 4.47. The number of aryl methyl sites for hydroxylation is 1. The molecule has 0 atom stereocenters. The van der Waals surface area contributed by atoms with Crippen molar-refractivity contribution in [3.63, 3.8) is 0 Å². The zero-order valence-corrected chi connectivity index (χ0v) is 14.1. The SMILES string of the molecule is COc1nc2nn(-c3c(C)cc(C4CC4)cc3OC(F)F)cc2c(=O)[nH]1. The van der Waals surface area contributed by atoms with Crippen LogP contribution in [0.1, 0.15) is 29.9 Å². The minimum atomic E-state index is -2.96. The number of halogens is 2. The molecule has 4 rings (SSSR count). The zero-order chi connectivity index (χ0) is 18.4. The monoisotopic (exact) mass is 362 g/mol. The molecule has 0 aliphatic heterocycles. The van der Waals surface area contributed by atoms with E-state index < -0.39 is 12.2 Å². The quantitative estimate of drug-likeness (QED) is 0.755. The molecule has 0 spiro atoms. The Kier molecular flexibility index (Phi) is 3.86. The molecule has 0 unspecified atom stereocenters. The van der Waals surface area contributed by atoms with Crippen LogP contribution in [0.4, 0.5) is 8.78 Å². The van der Waals surface area contributed by atoms with E-state index in [0.717, 1.165) is 24.0 Å². The zero-order valence-electron chi connectivity index (χ0n) is 14.1. The molecule has 0 amide bonds. The number of rotatable bonds is 5. The summed E-state index contributed by atoms with van der Waals surface area (Å²) in [6, 6.07) is 3.59. The van der Waals surface area contributed by atoms with Crippen LogP contribution in [0, 0.1) is 6.92 Å². The molecule has 3 aromatic rings. The summed E-state index contributed by atoms with van der Waals surface area (Å²) < 4.78 is 36.9. The van der Waals surface area contributed by atoms with E-state index in [2.05, 4.69) is 15.1 Å². The van der Waals surface area contributed by atoms with E-state index in [1.807, 2.05) is 6.07 Å². The molecule has 0 bridgehead atoms. The van der Waals surface area contributed by atoms with Crippen LogP contribution in [0.5, 0.6) is 11.8 Å². The van der Waals surface area contributed by atoms with Crippen molar-refractivity contribution < 1.29 is 18.3 Å². The van der Waals surface area contributed by atoms with E-state index in [-0.39, 0.29) is 22.8 Å². The number of hydrogen-bond donors (Lipinski definition) is 1. The minimum Gasteiger partial charge on any atom is -0.468 e. The Morgan fingerprint density at radius 3 is 2.77 bits per heavy atom. The van der Waals surface area contributed by atoms with Crippen LogP contribution in [-0.4, -0.2) is 33.5 Å². The van der Waals surface area contributed by atoms with Gasteiger partial charge < -0.3 is 9.47 Å². The molecular formula is C17H16F2N4O3. The van der Waals surface area contributed by atoms with Gasteiger partial charge in [0.2, 0.25) is 0 Å². The number of fused-ring (bicyclic) bond motifs is 1. The van der Waals surface area contributed by atoms with Crippen molar-refractivity contribution in [3.05, 3.63) is 39.8 Å². The first-order chi connectivity index (χ1) is 12.5. The first kappa shape index (κ1) is 16.5. The fraction of sp³-hybridized carbons (Fsp3) is 0.353. The Morgan fingerprint density at radius 1 is 1.35 bits per heavy atom. The lowest BCUT2D eigenvalue weighted by Gasteiger charge is -2.15. The lowest BCUT2D eigenvalue weighted by molar-refractivity contribution is -0.0499. The number of aromatic nitrogens is 4. The molecule has 136 valence electrons. The number of aromatic amines is 1. The van der Waals surface area contributed by atoms with Crippen LogP contribution in [0.2, 0.25) is 0 Å². The van der Waals surface area contributed by atoms with Crippen molar-refractivity contribution in [2.24, 2.45) is 0 Å². The van der Waals surface area contributed by atoms with Crippen molar-refractivity contribution in [3.8, 4) is 17.4 Å². The van der Waals surface area contributed by atoms with E-state index in [1.165, 1.54) is 18.0 Å². The molecule has 2 heterocycles. The van der Waals surface area contributed by atoms with E-state index in [4.69, 9.17) is 9.47 Å². The van der Waals surface area contributed by atoms with Gasteiger partial charge in [0.05, 0.1) is 7.11 Å². The first-order valence-electron chi connectivity index (χ1n) is 8.09. The highest BCUT2D eigenvalue weighted by Crippen LogP contribution is 2.43. The fourth-order valence-electron chi connectivity index (χ4n) is 3.01. The van der Waals surface area contributed by atoms with Crippen LogP contribution in [-0.2, 0) is 0 Å². The number of alkyl halides is 2. The topological polar surface area (TPSA) is 82.0 Å². The molecule has 1 aliphatic carbocycles. The molecule has 1 aromatic carbocycles. The van der Waals surface area contributed by atoms with E-state index in [1.54, 1.807) is 13.0 Å². The Morgan fingerprint density at radius 2 is 2.12 bits per heavy atom. The number of hydrogen-bond acceptors (Lipinski definition) is 5. The molecular weight excluding hydrogens is 346 g/mol. The Hall–Kier alpha value is -2.97. The van der Waals surface area contributed by atoms with E-state index in [9.17, 15) is 13.6 Å². The minimum absolute atomic E-state index is 0.0256. The number of methoxy groups -OCH3 is 1. The molecule has 1 saturated carbocycles. The third-order valence-corrected chi connectivity index (χ3v) is 4.34. The van der Waals surface area contributed by atoms with Gasteiger partial charge in [-0.1, -0.05) is 6.07 Å².